The number of benzene rings is 1. The lowest BCUT2D eigenvalue weighted by atomic mass is 10.1. The zero-order chi connectivity index (χ0) is 16.9. The van der Waals surface area contributed by atoms with Crippen molar-refractivity contribution in [1.82, 2.24) is 4.98 Å². The molecule has 7 heteroatoms. The van der Waals surface area contributed by atoms with Crippen molar-refractivity contribution in [1.29, 1.82) is 0 Å². The SMILES string of the molecule is CCOc1ccc(-c2nc(NC(=O)C3=COCCO3)sc2C)cc1. The van der Waals surface area contributed by atoms with Crippen LogP contribution in [0.1, 0.15) is 11.8 Å². The molecule has 0 aliphatic carbocycles. The Morgan fingerprint density at radius 2 is 2.12 bits per heavy atom. The maximum atomic E-state index is 12.1. The van der Waals surface area contributed by atoms with E-state index < -0.39 is 0 Å². The average molecular weight is 346 g/mol. The molecule has 0 atom stereocenters. The fourth-order valence-electron chi connectivity index (χ4n) is 2.24. The maximum Gasteiger partial charge on any atom is 0.295 e. The molecule has 24 heavy (non-hydrogen) atoms. The summed E-state index contributed by atoms with van der Waals surface area (Å²) in [5.74, 6) is 0.627. The minimum absolute atomic E-state index is 0.164. The van der Waals surface area contributed by atoms with Crippen molar-refractivity contribution in [3.63, 3.8) is 0 Å². The number of rotatable bonds is 5. The number of carbonyl (C=O) groups is 1. The van der Waals surface area contributed by atoms with Gasteiger partial charge in [0.2, 0.25) is 5.76 Å². The highest BCUT2D eigenvalue weighted by molar-refractivity contribution is 7.16. The van der Waals surface area contributed by atoms with E-state index in [9.17, 15) is 4.79 Å². The summed E-state index contributed by atoms with van der Waals surface area (Å²) in [5.41, 5.74) is 1.82. The number of carbonyl (C=O) groups excluding carboxylic acids is 1. The van der Waals surface area contributed by atoms with E-state index in [1.807, 2.05) is 38.1 Å². The van der Waals surface area contributed by atoms with Crippen molar-refractivity contribution in [3.05, 3.63) is 41.2 Å². The van der Waals surface area contributed by atoms with Crippen LogP contribution in [0.4, 0.5) is 5.13 Å². The lowest BCUT2D eigenvalue weighted by Gasteiger charge is -2.14. The third-order valence-corrected chi connectivity index (χ3v) is 4.21. The van der Waals surface area contributed by atoms with Crippen molar-refractivity contribution in [2.24, 2.45) is 0 Å². The lowest BCUT2D eigenvalue weighted by molar-refractivity contribution is -0.117. The minimum atomic E-state index is -0.360. The summed E-state index contributed by atoms with van der Waals surface area (Å²) in [6.45, 7) is 5.37. The van der Waals surface area contributed by atoms with Crippen LogP contribution < -0.4 is 10.1 Å². The summed E-state index contributed by atoms with van der Waals surface area (Å²) in [7, 11) is 0. The van der Waals surface area contributed by atoms with E-state index in [4.69, 9.17) is 14.2 Å². The zero-order valence-electron chi connectivity index (χ0n) is 13.5. The Hall–Kier alpha value is -2.54. The Balaban J connectivity index is 1.74. The summed E-state index contributed by atoms with van der Waals surface area (Å²) in [5, 5.41) is 3.27. The molecule has 2 aromatic rings. The molecule has 1 aliphatic rings. The Bertz CT molecular complexity index is 752. The van der Waals surface area contributed by atoms with E-state index in [1.54, 1.807) is 0 Å². The van der Waals surface area contributed by atoms with E-state index >= 15 is 0 Å². The molecule has 0 radical (unpaired) electrons. The highest BCUT2D eigenvalue weighted by Crippen LogP contribution is 2.31. The largest absolute Gasteiger partial charge is 0.494 e. The third-order valence-electron chi connectivity index (χ3n) is 3.33. The molecule has 0 saturated carbocycles. The van der Waals surface area contributed by atoms with Gasteiger partial charge in [0.1, 0.15) is 25.2 Å². The van der Waals surface area contributed by atoms with Crippen LogP contribution in [0.2, 0.25) is 0 Å². The van der Waals surface area contributed by atoms with Gasteiger partial charge in [-0.15, -0.1) is 11.3 Å². The Labute approximate surface area is 144 Å². The molecule has 0 spiro atoms. The first kappa shape index (κ1) is 16.3. The molecule has 0 saturated heterocycles. The highest BCUT2D eigenvalue weighted by atomic mass is 32.1. The van der Waals surface area contributed by atoms with Crippen LogP contribution in [0.3, 0.4) is 0 Å². The molecule has 1 aliphatic heterocycles. The quantitative estimate of drug-likeness (QED) is 0.899. The first-order chi connectivity index (χ1) is 11.7. The van der Waals surface area contributed by atoms with Gasteiger partial charge in [0.05, 0.1) is 12.3 Å². The van der Waals surface area contributed by atoms with Crippen LogP contribution in [0, 0.1) is 6.92 Å². The van der Waals surface area contributed by atoms with E-state index in [-0.39, 0.29) is 11.7 Å². The fourth-order valence-corrected chi connectivity index (χ4v) is 3.07. The fraction of sp³-hybridized carbons (Fsp3) is 0.294. The summed E-state index contributed by atoms with van der Waals surface area (Å²) in [6, 6.07) is 7.74. The van der Waals surface area contributed by atoms with Gasteiger partial charge in [-0.25, -0.2) is 4.98 Å². The summed E-state index contributed by atoms with van der Waals surface area (Å²) in [6.07, 6.45) is 1.33. The highest BCUT2D eigenvalue weighted by Gasteiger charge is 2.18. The molecule has 2 heterocycles. The molecule has 1 amide bonds. The topological polar surface area (TPSA) is 69.7 Å². The Morgan fingerprint density at radius 3 is 2.79 bits per heavy atom. The second-order valence-corrected chi connectivity index (χ2v) is 6.24. The van der Waals surface area contributed by atoms with Crippen LogP contribution >= 0.6 is 11.3 Å². The van der Waals surface area contributed by atoms with Gasteiger partial charge in [-0.2, -0.15) is 0 Å². The smallest absolute Gasteiger partial charge is 0.295 e. The number of anilines is 1. The molecule has 6 nitrogen and oxygen atoms in total. The molecule has 126 valence electrons. The van der Waals surface area contributed by atoms with Gasteiger partial charge >= 0.3 is 0 Å². The molecule has 0 unspecified atom stereocenters. The number of ether oxygens (including phenoxy) is 3. The molecular formula is C17H18N2O4S. The van der Waals surface area contributed by atoms with Gasteiger partial charge in [0.15, 0.2) is 5.13 Å². The normalized spacial score (nSPS) is 13.5. The molecule has 3 rings (SSSR count). The number of hydrogen-bond donors (Lipinski definition) is 1. The number of aryl methyl sites for hydroxylation is 1. The van der Waals surface area contributed by atoms with E-state index in [2.05, 4.69) is 10.3 Å². The number of hydrogen-bond acceptors (Lipinski definition) is 6. The van der Waals surface area contributed by atoms with Crippen molar-refractivity contribution in [3.8, 4) is 17.0 Å². The van der Waals surface area contributed by atoms with Crippen molar-refractivity contribution in [2.45, 2.75) is 13.8 Å². The maximum absolute atomic E-state index is 12.1. The third kappa shape index (κ3) is 3.68. The van der Waals surface area contributed by atoms with Gasteiger partial charge in [-0.05, 0) is 38.1 Å². The molecule has 1 aromatic heterocycles. The summed E-state index contributed by atoms with van der Waals surface area (Å²) in [4.78, 5) is 17.6. The average Bonchev–Trinajstić information content (AvgIpc) is 2.97. The molecule has 1 aromatic carbocycles. The van der Waals surface area contributed by atoms with Crippen LogP contribution in [0.25, 0.3) is 11.3 Å². The zero-order valence-corrected chi connectivity index (χ0v) is 14.3. The number of amides is 1. The van der Waals surface area contributed by atoms with Crippen molar-refractivity contribution in [2.75, 3.05) is 25.1 Å². The van der Waals surface area contributed by atoms with E-state index in [0.29, 0.717) is 25.0 Å². The Morgan fingerprint density at radius 1 is 1.33 bits per heavy atom. The molecule has 1 N–H and O–H groups in total. The number of aromatic nitrogens is 1. The van der Waals surface area contributed by atoms with Gasteiger partial charge in [0.25, 0.3) is 5.91 Å². The van der Waals surface area contributed by atoms with Crippen molar-refractivity contribution >= 4 is 22.4 Å². The number of nitrogens with zero attached hydrogens (tertiary/aromatic N) is 1. The molecular weight excluding hydrogens is 328 g/mol. The van der Waals surface area contributed by atoms with Crippen LogP contribution in [-0.2, 0) is 14.3 Å². The summed E-state index contributed by atoms with van der Waals surface area (Å²) < 4.78 is 15.8. The first-order valence-corrected chi connectivity index (χ1v) is 8.45. The minimum Gasteiger partial charge on any atom is -0.494 e. The second kappa shape index (κ2) is 7.35. The van der Waals surface area contributed by atoms with Crippen LogP contribution in [0.5, 0.6) is 5.75 Å². The molecule has 0 bridgehead atoms. The predicted molar refractivity (Wildman–Crippen MR) is 92.1 cm³/mol. The second-order valence-electron chi connectivity index (χ2n) is 5.04. The first-order valence-electron chi connectivity index (χ1n) is 7.64. The van der Waals surface area contributed by atoms with E-state index in [1.165, 1.54) is 17.6 Å². The van der Waals surface area contributed by atoms with Gasteiger partial charge in [-0.1, -0.05) is 0 Å². The lowest BCUT2D eigenvalue weighted by Crippen LogP contribution is -2.21. The van der Waals surface area contributed by atoms with Crippen molar-refractivity contribution < 1.29 is 19.0 Å². The molecule has 0 fully saturated rings. The number of nitrogens with one attached hydrogen (secondary N) is 1. The summed E-state index contributed by atoms with van der Waals surface area (Å²) >= 11 is 1.42. The van der Waals surface area contributed by atoms with Gasteiger partial charge < -0.3 is 14.2 Å². The monoisotopic (exact) mass is 346 g/mol. The van der Waals surface area contributed by atoms with E-state index in [0.717, 1.165) is 21.9 Å². The van der Waals surface area contributed by atoms with Gasteiger partial charge in [-0.3, -0.25) is 10.1 Å². The predicted octanol–water partition coefficient (Wildman–Crippen LogP) is 3.34. The van der Waals surface area contributed by atoms with Crippen LogP contribution in [-0.4, -0.2) is 30.7 Å². The van der Waals surface area contributed by atoms with Gasteiger partial charge in [0, 0.05) is 10.4 Å². The van der Waals surface area contributed by atoms with Crippen LogP contribution in [0.15, 0.2) is 36.3 Å². The number of thiazole rings is 1. The standard InChI is InChI=1S/C17H18N2O4S/c1-3-22-13-6-4-12(5-7-13)15-11(2)24-17(18-15)19-16(20)14-10-21-8-9-23-14/h4-7,10H,3,8-9H2,1-2H3,(H,18,19,20). The Kier molecular flexibility index (Phi) is 5.00.